The van der Waals surface area contributed by atoms with E-state index in [-0.39, 0.29) is 12.5 Å². The zero-order valence-corrected chi connectivity index (χ0v) is 5.05. The highest BCUT2D eigenvalue weighted by Crippen LogP contribution is 2.44. The number of carbonyl (C=O) groups is 1. The van der Waals surface area contributed by atoms with E-state index in [1.807, 2.05) is 5.43 Å². The molecule has 0 saturated heterocycles. The lowest BCUT2D eigenvalue weighted by Crippen LogP contribution is -2.38. The molecule has 0 unspecified atom stereocenters. The van der Waals surface area contributed by atoms with Crippen molar-refractivity contribution in [3.63, 3.8) is 0 Å². The summed E-state index contributed by atoms with van der Waals surface area (Å²) < 4.78 is 0. The number of carbonyl (C=O) groups excluding carboxylic acids is 1. The Bertz CT molecular complexity index is 131. The molecule has 4 nitrogen and oxygen atoms in total. The summed E-state index contributed by atoms with van der Waals surface area (Å²) in [6.45, 7) is -0.0873. The van der Waals surface area contributed by atoms with Gasteiger partial charge in [0.25, 0.3) is 0 Å². The first-order valence-electron chi connectivity index (χ1n) is 2.87. The van der Waals surface area contributed by atoms with Gasteiger partial charge in [-0.3, -0.25) is 10.2 Å². The Balaban J connectivity index is 2.49. The highest BCUT2D eigenvalue weighted by Gasteiger charge is 2.48. The van der Waals surface area contributed by atoms with Gasteiger partial charge in [0.15, 0.2) is 0 Å². The van der Waals surface area contributed by atoms with Crippen LogP contribution in [0.15, 0.2) is 0 Å². The molecule has 0 bridgehead atoms. The van der Waals surface area contributed by atoms with Crippen LogP contribution in [0.5, 0.6) is 0 Å². The summed E-state index contributed by atoms with van der Waals surface area (Å²) in [6, 6.07) is 0. The predicted molar refractivity (Wildman–Crippen MR) is 31.1 cm³/mol. The molecular formula is C5H10N2O2. The lowest BCUT2D eigenvalue weighted by Gasteiger charge is -2.07. The molecule has 1 saturated carbocycles. The SMILES string of the molecule is NNC(=O)C1(CO)CC1. The van der Waals surface area contributed by atoms with Crippen LogP contribution in [0.3, 0.4) is 0 Å². The van der Waals surface area contributed by atoms with Crippen LogP contribution >= 0.6 is 0 Å². The Morgan fingerprint density at radius 3 is 2.44 bits per heavy atom. The average Bonchev–Trinajstić information content (AvgIpc) is 2.66. The molecule has 1 aliphatic carbocycles. The summed E-state index contributed by atoms with van der Waals surface area (Å²) in [5.41, 5.74) is 1.50. The minimum atomic E-state index is -0.519. The molecule has 4 heteroatoms. The highest BCUT2D eigenvalue weighted by molar-refractivity contribution is 5.84. The van der Waals surface area contributed by atoms with Crippen molar-refractivity contribution in [3.05, 3.63) is 0 Å². The third-order valence-corrected chi connectivity index (χ3v) is 1.77. The summed E-state index contributed by atoms with van der Waals surface area (Å²) in [7, 11) is 0. The Kier molecular flexibility index (Phi) is 1.42. The van der Waals surface area contributed by atoms with Crippen molar-refractivity contribution in [1.82, 2.24) is 5.43 Å². The Labute approximate surface area is 53.0 Å². The van der Waals surface area contributed by atoms with E-state index in [1.165, 1.54) is 0 Å². The second-order valence-corrected chi connectivity index (χ2v) is 2.41. The molecule has 0 radical (unpaired) electrons. The average molecular weight is 130 g/mol. The fourth-order valence-corrected chi connectivity index (χ4v) is 0.761. The van der Waals surface area contributed by atoms with E-state index >= 15 is 0 Å². The zero-order chi connectivity index (χ0) is 6.91. The molecule has 9 heavy (non-hydrogen) atoms. The van der Waals surface area contributed by atoms with Crippen molar-refractivity contribution in [1.29, 1.82) is 0 Å². The topological polar surface area (TPSA) is 75.3 Å². The summed E-state index contributed by atoms with van der Waals surface area (Å²) in [6.07, 6.45) is 1.51. The van der Waals surface area contributed by atoms with Crippen molar-refractivity contribution in [2.24, 2.45) is 11.3 Å². The quantitative estimate of drug-likeness (QED) is 0.248. The first-order valence-corrected chi connectivity index (χ1v) is 2.87. The van der Waals surface area contributed by atoms with Gasteiger partial charge < -0.3 is 5.11 Å². The van der Waals surface area contributed by atoms with Crippen LogP contribution in [0.25, 0.3) is 0 Å². The van der Waals surface area contributed by atoms with Crippen LogP contribution < -0.4 is 11.3 Å². The summed E-state index contributed by atoms with van der Waals surface area (Å²) in [5.74, 6) is 4.62. The van der Waals surface area contributed by atoms with Crippen molar-refractivity contribution >= 4 is 5.91 Å². The molecule has 0 aliphatic heterocycles. The Morgan fingerprint density at radius 1 is 1.78 bits per heavy atom. The van der Waals surface area contributed by atoms with Crippen LogP contribution in [-0.4, -0.2) is 17.6 Å². The van der Waals surface area contributed by atoms with Crippen LogP contribution in [0.1, 0.15) is 12.8 Å². The molecule has 0 heterocycles. The van der Waals surface area contributed by atoms with Gasteiger partial charge in [-0.25, -0.2) is 5.84 Å². The molecule has 1 aliphatic rings. The third kappa shape index (κ3) is 0.906. The number of amides is 1. The van der Waals surface area contributed by atoms with Crippen molar-refractivity contribution in [2.45, 2.75) is 12.8 Å². The number of hydrazine groups is 1. The number of hydrogen-bond acceptors (Lipinski definition) is 3. The number of nitrogens with one attached hydrogen (secondary N) is 1. The predicted octanol–water partition coefficient (Wildman–Crippen LogP) is -1.25. The second kappa shape index (κ2) is 1.97. The minimum Gasteiger partial charge on any atom is -0.395 e. The maximum absolute atomic E-state index is 10.7. The van der Waals surface area contributed by atoms with E-state index in [2.05, 4.69) is 0 Å². The van der Waals surface area contributed by atoms with E-state index in [9.17, 15) is 4.79 Å². The molecule has 0 atom stereocenters. The van der Waals surface area contributed by atoms with Gasteiger partial charge >= 0.3 is 0 Å². The van der Waals surface area contributed by atoms with Crippen molar-refractivity contribution in [2.75, 3.05) is 6.61 Å². The number of aliphatic hydroxyl groups is 1. The lowest BCUT2D eigenvalue weighted by atomic mass is 10.1. The Morgan fingerprint density at radius 2 is 2.33 bits per heavy atom. The Hall–Kier alpha value is -0.610. The summed E-state index contributed by atoms with van der Waals surface area (Å²) in [4.78, 5) is 10.7. The maximum atomic E-state index is 10.7. The van der Waals surface area contributed by atoms with E-state index in [1.54, 1.807) is 0 Å². The molecule has 4 N–H and O–H groups in total. The van der Waals surface area contributed by atoms with Crippen LogP contribution in [0.4, 0.5) is 0 Å². The molecule has 52 valence electrons. The van der Waals surface area contributed by atoms with Gasteiger partial charge in [0.1, 0.15) is 0 Å². The smallest absolute Gasteiger partial charge is 0.242 e. The molecular weight excluding hydrogens is 120 g/mol. The van der Waals surface area contributed by atoms with E-state index < -0.39 is 5.41 Å². The maximum Gasteiger partial charge on any atom is 0.242 e. The van der Waals surface area contributed by atoms with Crippen molar-refractivity contribution < 1.29 is 9.90 Å². The van der Waals surface area contributed by atoms with E-state index in [0.29, 0.717) is 0 Å². The summed E-state index contributed by atoms with van der Waals surface area (Å²) >= 11 is 0. The normalized spacial score (nSPS) is 21.1. The van der Waals surface area contributed by atoms with Crippen LogP contribution in [-0.2, 0) is 4.79 Å². The fraction of sp³-hybridized carbons (Fsp3) is 0.800. The molecule has 1 amide bonds. The number of aliphatic hydroxyl groups excluding tert-OH is 1. The standard InChI is InChI=1S/C5H10N2O2/c6-7-4(9)5(3-8)1-2-5/h8H,1-3,6H2,(H,7,9). The number of nitrogens with two attached hydrogens (primary N) is 1. The molecule has 0 aromatic heterocycles. The van der Waals surface area contributed by atoms with Gasteiger partial charge in [-0.1, -0.05) is 0 Å². The molecule has 0 spiro atoms. The highest BCUT2D eigenvalue weighted by atomic mass is 16.3. The first kappa shape index (κ1) is 6.51. The molecule has 0 aromatic rings. The van der Waals surface area contributed by atoms with Gasteiger partial charge in [-0.15, -0.1) is 0 Å². The van der Waals surface area contributed by atoms with Gasteiger partial charge in [-0.2, -0.15) is 0 Å². The summed E-state index contributed by atoms with van der Waals surface area (Å²) in [5, 5.41) is 8.64. The number of rotatable bonds is 2. The van der Waals surface area contributed by atoms with E-state index in [0.717, 1.165) is 12.8 Å². The van der Waals surface area contributed by atoms with Gasteiger partial charge in [0, 0.05) is 0 Å². The lowest BCUT2D eigenvalue weighted by molar-refractivity contribution is -0.127. The molecule has 1 fully saturated rings. The fourth-order valence-electron chi connectivity index (χ4n) is 0.761. The van der Waals surface area contributed by atoms with Crippen LogP contribution in [0.2, 0.25) is 0 Å². The van der Waals surface area contributed by atoms with E-state index in [4.69, 9.17) is 10.9 Å². The monoisotopic (exact) mass is 130 g/mol. The third-order valence-electron chi connectivity index (χ3n) is 1.77. The zero-order valence-electron chi connectivity index (χ0n) is 5.05. The van der Waals surface area contributed by atoms with Gasteiger partial charge in [-0.05, 0) is 12.8 Å². The second-order valence-electron chi connectivity index (χ2n) is 2.41. The van der Waals surface area contributed by atoms with Crippen molar-refractivity contribution in [3.8, 4) is 0 Å². The van der Waals surface area contributed by atoms with Gasteiger partial charge in [0.2, 0.25) is 5.91 Å². The first-order chi connectivity index (χ1) is 4.25. The number of hydrogen-bond donors (Lipinski definition) is 3. The molecule has 1 rings (SSSR count). The molecule has 0 aromatic carbocycles. The largest absolute Gasteiger partial charge is 0.395 e. The van der Waals surface area contributed by atoms with Crippen LogP contribution in [0, 0.1) is 5.41 Å². The minimum absolute atomic E-state index is 0.0873. The van der Waals surface area contributed by atoms with Gasteiger partial charge in [0.05, 0.1) is 12.0 Å².